The van der Waals surface area contributed by atoms with Crippen molar-refractivity contribution in [3.8, 4) is 0 Å². The summed E-state index contributed by atoms with van der Waals surface area (Å²) in [5.74, 6) is 0. The Morgan fingerprint density at radius 3 is 2.77 bits per heavy atom. The molecule has 0 aliphatic carbocycles. The average Bonchev–Trinajstić information content (AvgIpc) is 2.52. The van der Waals surface area contributed by atoms with Gasteiger partial charge in [0.25, 0.3) is 0 Å². The highest BCUT2D eigenvalue weighted by molar-refractivity contribution is 7.98. The summed E-state index contributed by atoms with van der Waals surface area (Å²) >= 11 is 13.5. The molecule has 0 atom stereocenters. The lowest BCUT2D eigenvalue weighted by Gasteiger charge is -2.12. The summed E-state index contributed by atoms with van der Waals surface area (Å²) in [7, 11) is 0. The molecule has 0 aliphatic heterocycles. The number of halogens is 2. The standard InChI is InChI=1S/C15H12Cl2N4S/c1-22-11-6-8(5-9-7-20-15(17)21-14(9)16)10-3-2-4-19-13(10)12(11)18/h2-4,6-7H,5,18H2,1H3. The molecule has 0 saturated carbocycles. The second-order valence-electron chi connectivity index (χ2n) is 4.68. The Labute approximate surface area is 142 Å². The second kappa shape index (κ2) is 6.28. The summed E-state index contributed by atoms with van der Waals surface area (Å²) in [4.78, 5) is 13.4. The molecule has 0 amide bonds. The maximum atomic E-state index is 6.19. The van der Waals surface area contributed by atoms with E-state index in [-0.39, 0.29) is 5.28 Å². The van der Waals surface area contributed by atoms with Gasteiger partial charge in [0.2, 0.25) is 5.28 Å². The third-order valence-electron chi connectivity index (χ3n) is 3.36. The minimum Gasteiger partial charge on any atom is -0.396 e. The molecule has 0 fully saturated rings. The van der Waals surface area contributed by atoms with Crippen LogP contribution in [0.25, 0.3) is 10.9 Å². The topological polar surface area (TPSA) is 64.7 Å². The Balaban J connectivity index is 2.16. The predicted molar refractivity (Wildman–Crippen MR) is 92.8 cm³/mol. The van der Waals surface area contributed by atoms with Crippen molar-refractivity contribution in [3.63, 3.8) is 0 Å². The van der Waals surface area contributed by atoms with Crippen LogP contribution in [0.3, 0.4) is 0 Å². The van der Waals surface area contributed by atoms with E-state index in [4.69, 9.17) is 28.9 Å². The summed E-state index contributed by atoms with van der Waals surface area (Å²) in [5.41, 5.74) is 9.58. The number of rotatable bonds is 3. The van der Waals surface area contributed by atoms with Crippen molar-refractivity contribution in [3.05, 3.63) is 52.2 Å². The maximum absolute atomic E-state index is 6.19. The van der Waals surface area contributed by atoms with Crippen molar-refractivity contribution in [2.24, 2.45) is 0 Å². The monoisotopic (exact) mass is 350 g/mol. The van der Waals surface area contributed by atoms with Crippen molar-refractivity contribution < 1.29 is 0 Å². The Morgan fingerprint density at radius 2 is 2.05 bits per heavy atom. The molecule has 2 N–H and O–H groups in total. The number of thioether (sulfide) groups is 1. The maximum Gasteiger partial charge on any atom is 0.223 e. The van der Waals surface area contributed by atoms with E-state index in [9.17, 15) is 0 Å². The van der Waals surface area contributed by atoms with E-state index >= 15 is 0 Å². The van der Waals surface area contributed by atoms with E-state index in [0.29, 0.717) is 17.3 Å². The predicted octanol–water partition coefficient (Wildman–Crippen LogP) is 4.23. The number of hydrogen-bond acceptors (Lipinski definition) is 5. The number of fused-ring (bicyclic) bond motifs is 1. The molecular weight excluding hydrogens is 339 g/mol. The van der Waals surface area contributed by atoms with E-state index in [1.54, 1.807) is 24.2 Å². The van der Waals surface area contributed by atoms with Crippen molar-refractivity contribution in [2.75, 3.05) is 12.0 Å². The first-order chi connectivity index (χ1) is 10.6. The fraction of sp³-hybridized carbons (Fsp3) is 0.133. The van der Waals surface area contributed by atoms with Crippen molar-refractivity contribution in [1.82, 2.24) is 15.0 Å². The molecule has 0 bridgehead atoms. The van der Waals surface area contributed by atoms with Gasteiger partial charge in [0, 0.05) is 34.7 Å². The number of hydrogen-bond donors (Lipinski definition) is 1. The van der Waals surface area contributed by atoms with Gasteiger partial charge in [-0.1, -0.05) is 17.7 Å². The highest BCUT2D eigenvalue weighted by Gasteiger charge is 2.13. The summed E-state index contributed by atoms with van der Waals surface area (Å²) in [6.07, 6.45) is 5.97. The van der Waals surface area contributed by atoms with Crippen molar-refractivity contribution >= 4 is 51.6 Å². The summed E-state index contributed by atoms with van der Waals surface area (Å²) in [6.45, 7) is 0. The number of pyridine rings is 1. The minimum atomic E-state index is 0.141. The normalized spacial score (nSPS) is 11.0. The third kappa shape index (κ3) is 2.84. The van der Waals surface area contributed by atoms with Gasteiger partial charge in [-0.2, -0.15) is 0 Å². The van der Waals surface area contributed by atoms with Crippen LogP contribution in [-0.4, -0.2) is 21.2 Å². The number of aromatic nitrogens is 3. The molecule has 112 valence electrons. The third-order valence-corrected chi connectivity index (χ3v) is 4.65. The lowest BCUT2D eigenvalue weighted by molar-refractivity contribution is 1.07. The number of nitrogen functional groups attached to an aromatic ring is 1. The molecule has 0 aliphatic rings. The zero-order chi connectivity index (χ0) is 15.7. The molecule has 0 unspecified atom stereocenters. The van der Waals surface area contributed by atoms with Gasteiger partial charge in [-0.05, 0) is 35.6 Å². The van der Waals surface area contributed by atoms with E-state index in [1.165, 1.54) is 0 Å². The van der Waals surface area contributed by atoms with Crippen LogP contribution in [0.2, 0.25) is 10.4 Å². The fourth-order valence-corrected chi connectivity index (χ4v) is 3.26. The van der Waals surface area contributed by atoms with Crippen LogP contribution in [-0.2, 0) is 6.42 Å². The highest BCUT2D eigenvalue weighted by atomic mass is 35.5. The molecule has 3 rings (SSSR count). The van der Waals surface area contributed by atoms with Crippen molar-refractivity contribution in [1.29, 1.82) is 0 Å². The van der Waals surface area contributed by atoms with Crippen LogP contribution in [0.1, 0.15) is 11.1 Å². The van der Waals surface area contributed by atoms with Gasteiger partial charge in [-0.15, -0.1) is 11.8 Å². The van der Waals surface area contributed by atoms with Gasteiger partial charge in [0.05, 0.1) is 11.2 Å². The van der Waals surface area contributed by atoms with Gasteiger partial charge in [-0.25, -0.2) is 9.97 Å². The van der Waals surface area contributed by atoms with Gasteiger partial charge >= 0.3 is 0 Å². The van der Waals surface area contributed by atoms with E-state index in [1.807, 2.05) is 18.4 Å². The van der Waals surface area contributed by atoms with E-state index in [2.05, 4.69) is 21.0 Å². The van der Waals surface area contributed by atoms with Crippen LogP contribution < -0.4 is 5.73 Å². The number of nitrogens with zero attached hydrogens (tertiary/aromatic N) is 3. The Kier molecular flexibility index (Phi) is 4.38. The van der Waals surface area contributed by atoms with Crippen LogP contribution in [0, 0.1) is 0 Å². The van der Waals surface area contributed by atoms with Crippen molar-refractivity contribution in [2.45, 2.75) is 11.3 Å². The molecule has 3 aromatic rings. The number of benzene rings is 1. The first kappa shape index (κ1) is 15.3. The second-order valence-corrected chi connectivity index (χ2v) is 6.23. The first-order valence-electron chi connectivity index (χ1n) is 6.47. The molecule has 4 nitrogen and oxygen atoms in total. The quantitative estimate of drug-likeness (QED) is 0.331. The Bertz CT molecular complexity index is 854. The molecule has 22 heavy (non-hydrogen) atoms. The van der Waals surface area contributed by atoms with Gasteiger partial charge in [-0.3, -0.25) is 4.98 Å². The minimum absolute atomic E-state index is 0.141. The molecule has 7 heteroatoms. The van der Waals surface area contributed by atoms with Crippen LogP contribution >= 0.6 is 35.0 Å². The molecular formula is C15H12Cl2N4S. The Hall–Kier alpha value is -1.56. The lowest BCUT2D eigenvalue weighted by atomic mass is 10.0. The van der Waals surface area contributed by atoms with Gasteiger partial charge < -0.3 is 5.73 Å². The highest BCUT2D eigenvalue weighted by Crippen LogP contribution is 2.33. The molecule has 0 saturated heterocycles. The summed E-state index contributed by atoms with van der Waals surface area (Å²) < 4.78 is 0. The Morgan fingerprint density at radius 1 is 1.23 bits per heavy atom. The summed E-state index contributed by atoms with van der Waals surface area (Å²) in [5, 5.41) is 1.51. The van der Waals surface area contributed by atoms with E-state index < -0.39 is 0 Å². The zero-order valence-corrected chi connectivity index (χ0v) is 14.0. The zero-order valence-electron chi connectivity index (χ0n) is 11.7. The largest absolute Gasteiger partial charge is 0.396 e. The smallest absolute Gasteiger partial charge is 0.223 e. The van der Waals surface area contributed by atoms with Crippen LogP contribution in [0.4, 0.5) is 5.69 Å². The molecule has 0 radical (unpaired) electrons. The van der Waals surface area contributed by atoms with Gasteiger partial charge in [0.15, 0.2) is 0 Å². The number of nitrogens with two attached hydrogens (primary N) is 1. The lowest BCUT2D eigenvalue weighted by Crippen LogP contribution is -1.99. The van der Waals surface area contributed by atoms with E-state index in [0.717, 1.165) is 26.9 Å². The molecule has 0 spiro atoms. The molecule has 1 aromatic carbocycles. The first-order valence-corrected chi connectivity index (χ1v) is 8.45. The average molecular weight is 351 g/mol. The fourth-order valence-electron chi connectivity index (χ4n) is 2.31. The SMILES string of the molecule is CSc1cc(Cc2cnc(Cl)nc2Cl)c2cccnc2c1N. The molecule has 2 heterocycles. The van der Waals surface area contributed by atoms with Crippen LogP contribution in [0.15, 0.2) is 35.5 Å². The number of anilines is 1. The summed E-state index contributed by atoms with van der Waals surface area (Å²) in [6, 6.07) is 5.96. The van der Waals surface area contributed by atoms with Crippen LogP contribution in [0.5, 0.6) is 0 Å². The molecule has 2 aromatic heterocycles. The van der Waals surface area contributed by atoms with Gasteiger partial charge in [0.1, 0.15) is 5.15 Å².